The Morgan fingerprint density at radius 1 is 1.06 bits per heavy atom. The Balaban J connectivity index is 1.54. The molecule has 7 heteroatoms. The van der Waals surface area contributed by atoms with E-state index in [2.05, 4.69) is 12.1 Å². The summed E-state index contributed by atoms with van der Waals surface area (Å²) in [5.74, 6) is 1.16. The molecular formula is C27H27N3O3S. The molecule has 0 atom stereocenters. The van der Waals surface area contributed by atoms with Gasteiger partial charge in [-0.25, -0.2) is 0 Å². The molecule has 0 aliphatic rings. The van der Waals surface area contributed by atoms with Crippen LogP contribution in [0.4, 0.5) is 0 Å². The van der Waals surface area contributed by atoms with Gasteiger partial charge in [-0.3, -0.25) is 9.48 Å². The Bertz CT molecular complexity index is 1260. The van der Waals surface area contributed by atoms with Gasteiger partial charge in [0.05, 0.1) is 25.6 Å². The highest BCUT2D eigenvalue weighted by atomic mass is 32.1. The van der Waals surface area contributed by atoms with Gasteiger partial charge >= 0.3 is 0 Å². The molecule has 0 saturated carbocycles. The number of carbonyl (C=O) groups is 1. The quantitative estimate of drug-likeness (QED) is 0.308. The monoisotopic (exact) mass is 473 g/mol. The Hall–Kier alpha value is -3.84. The third-order valence-electron chi connectivity index (χ3n) is 5.41. The number of ether oxygens (including phenoxy) is 2. The Kier molecular flexibility index (Phi) is 7.44. The van der Waals surface area contributed by atoms with Crippen LogP contribution in [0.15, 0.2) is 78.3 Å². The first-order chi connectivity index (χ1) is 16.6. The molecule has 0 radical (unpaired) electrons. The molecule has 0 fully saturated rings. The van der Waals surface area contributed by atoms with Crippen LogP contribution in [-0.2, 0) is 17.9 Å². The maximum atomic E-state index is 12.9. The molecule has 2 aromatic carbocycles. The van der Waals surface area contributed by atoms with E-state index in [1.54, 1.807) is 43.6 Å². The molecule has 0 saturated heterocycles. The molecular weight excluding hydrogens is 446 g/mol. The molecule has 174 valence electrons. The summed E-state index contributed by atoms with van der Waals surface area (Å²) in [6.45, 7) is 1.06. The van der Waals surface area contributed by atoms with Gasteiger partial charge in [0.25, 0.3) is 0 Å². The summed E-state index contributed by atoms with van der Waals surface area (Å²) in [6.07, 6.45) is 5.41. The molecule has 0 unspecified atom stereocenters. The number of benzene rings is 2. The van der Waals surface area contributed by atoms with Crippen molar-refractivity contribution in [3.05, 3.63) is 95.0 Å². The van der Waals surface area contributed by atoms with Gasteiger partial charge in [-0.2, -0.15) is 5.10 Å². The summed E-state index contributed by atoms with van der Waals surface area (Å²) in [4.78, 5) is 15.6. The third-order valence-corrected chi connectivity index (χ3v) is 6.28. The maximum Gasteiger partial charge on any atom is 0.246 e. The van der Waals surface area contributed by atoms with Gasteiger partial charge in [-0.05, 0) is 29.2 Å². The van der Waals surface area contributed by atoms with Crippen molar-refractivity contribution in [3.63, 3.8) is 0 Å². The second-order valence-electron chi connectivity index (χ2n) is 7.77. The van der Waals surface area contributed by atoms with E-state index in [1.165, 1.54) is 5.56 Å². The van der Waals surface area contributed by atoms with Crippen molar-refractivity contribution in [3.8, 4) is 22.1 Å². The molecule has 0 N–H and O–H groups in total. The van der Waals surface area contributed by atoms with E-state index < -0.39 is 0 Å². The lowest BCUT2D eigenvalue weighted by atomic mass is 10.1. The van der Waals surface area contributed by atoms with Gasteiger partial charge in [-0.15, -0.1) is 11.3 Å². The lowest BCUT2D eigenvalue weighted by Crippen LogP contribution is -2.24. The van der Waals surface area contributed by atoms with E-state index in [0.717, 1.165) is 21.7 Å². The van der Waals surface area contributed by atoms with E-state index in [0.29, 0.717) is 24.6 Å². The summed E-state index contributed by atoms with van der Waals surface area (Å²) in [7, 11) is 4.97. The zero-order valence-electron chi connectivity index (χ0n) is 19.5. The summed E-state index contributed by atoms with van der Waals surface area (Å²) in [6, 6.07) is 19.9. The van der Waals surface area contributed by atoms with Crippen LogP contribution in [0.5, 0.6) is 11.5 Å². The van der Waals surface area contributed by atoms with E-state index in [4.69, 9.17) is 14.6 Å². The molecule has 1 amide bonds. The summed E-state index contributed by atoms with van der Waals surface area (Å²) >= 11 is 1.63. The molecule has 34 heavy (non-hydrogen) atoms. The Labute approximate surface area is 203 Å². The first-order valence-corrected chi connectivity index (χ1v) is 11.7. The molecule has 6 nitrogen and oxygen atoms in total. The van der Waals surface area contributed by atoms with Gasteiger partial charge in [0.1, 0.15) is 5.69 Å². The van der Waals surface area contributed by atoms with Gasteiger partial charge in [0, 0.05) is 37.0 Å². The fourth-order valence-electron chi connectivity index (χ4n) is 3.71. The van der Waals surface area contributed by atoms with Gasteiger partial charge in [0.2, 0.25) is 5.91 Å². The molecule has 0 aliphatic heterocycles. The number of hydrogen-bond acceptors (Lipinski definition) is 5. The highest BCUT2D eigenvalue weighted by molar-refractivity contribution is 7.13. The number of aromatic nitrogens is 2. The minimum Gasteiger partial charge on any atom is -0.493 e. The molecule has 2 aromatic heterocycles. The number of thiophene rings is 1. The zero-order valence-corrected chi connectivity index (χ0v) is 20.3. The average molecular weight is 474 g/mol. The minimum absolute atomic E-state index is 0.113. The fourth-order valence-corrected chi connectivity index (χ4v) is 4.45. The van der Waals surface area contributed by atoms with Crippen molar-refractivity contribution in [2.75, 3.05) is 21.3 Å². The van der Waals surface area contributed by atoms with Gasteiger partial charge in [0.15, 0.2) is 11.5 Å². The minimum atomic E-state index is -0.113. The topological polar surface area (TPSA) is 56.6 Å². The second-order valence-corrected chi connectivity index (χ2v) is 8.72. The molecule has 0 aliphatic carbocycles. The van der Waals surface area contributed by atoms with E-state index in [9.17, 15) is 4.79 Å². The molecule has 2 heterocycles. The zero-order chi connectivity index (χ0) is 23.9. The first kappa shape index (κ1) is 23.3. The number of rotatable bonds is 9. The van der Waals surface area contributed by atoms with Crippen LogP contribution >= 0.6 is 11.3 Å². The van der Waals surface area contributed by atoms with E-state index >= 15 is 0 Å². The second kappa shape index (κ2) is 10.9. The highest BCUT2D eigenvalue weighted by Crippen LogP contribution is 2.31. The van der Waals surface area contributed by atoms with Crippen molar-refractivity contribution in [1.82, 2.24) is 14.7 Å². The predicted octanol–water partition coefficient (Wildman–Crippen LogP) is 5.35. The van der Waals surface area contributed by atoms with Crippen molar-refractivity contribution >= 4 is 23.3 Å². The number of hydrogen-bond donors (Lipinski definition) is 0. The van der Waals surface area contributed by atoms with E-state index in [-0.39, 0.29) is 5.91 Å². The molecule has 0 spiro atoms. The van der Waals surface area contributed by atoms with Crippen molar-refractivity contribution < 1.29 is 14.3 Å². The molecule has 4 aromatic rings. The lowest BCUT2D eigenvalue weighted by Gasteiger charge is -2.18. The predicted molar refractivity (Wildman–Crippen MR) is 136 cm³/mol. The number of para-hydroxylation sites is 1. The normalized spacial score (nSPS) is 11.0. The summed E-state index contributed by atoms with van der Waals surface area (Å²) in [5.41, 5.74) is 3.81. The van der Waals surface area contributed by atoms with Crippen LogP contribution in [0.25, 0.3) is 16.6 Å². The number of amides is 1. The smallest absolute Gasteiger partial charge is 0.246 e. The summed E-state index contributed by atoms with van der Waals surface area (Å²) in [5, 5.41) is 6.83. The highest BCUT2D eigenvalue weighted by Gasteiger charge is 2.15. The number of methoxy groups -OCH3 is 2. The SMILES string of the molecule is COc1cccc(CN(C)C(=O)/C=C/c2cn(Cc3ccccc3)nc2-c2cccs2)c1OC. The third kappa shape index (κ3) is 5.38. The standard InChI is InChI=1S/C27H27N3O3S/c1-29(18-22-11-7-12-23(32-2)27(22)33-3)25(31)15-14-21-19-30(17-20-9-5-4-6-10-20)28-26(21)24-13-8-16-34-24/h4-16,19H,17-18H2,1-3H3/b15-14+. The molecule has 0 bridgehead atoms. The molecule has 4 rings (SSSR count). The van der Waals surface area contributed by atoms with Gasteiger partial charge in [-0.1, -0.05) is 48.5 Å². The largest absolute Gasteiger partial charge is 0.493 e. The maximum absolute atomic E-state index is 12.9. The lowest BCUT2D eigenvalue weighted by molar-refractivity contribution is -0.125. The Morgan fingerprint density at radius 3 is 2.59 bits per heavy atom. The van der Waals surface area contributed by atoms with Gasteiger partial charge < -0.3 is 14.4 Å². The van der Waals surface area contributed by atoms with E-state index in [1.807, 2.05) is 70.9 Å². The van der Waals surface area contributed by atoms with Crippen molar-refractivity contribution in [2.24, 2.45) is 0 Å². The van der Waals surface area contributed by atoms with Crippen LogP contribution in [-0.4, -0.2) is 41.9 Å². The van der Waals surface area contributed by atoms with Crippen LogP contribution in [0.3, 0.4) is 0 Å². The first-order valence-electron chi connectivity index (χ1n) is 10.9. The number of carbonyl (C=O) groups excluding carboxylic acids is 1. The van der Waals surface area contributed by atoms with Crippen LogP contribution in [0.1, 0.15) is 16.7 Å². The van der Waals surface area contributed by atoms with Crippen LogP contribution in [0, 0.1) is 0 Å². The summed E-state index contributed by atoms with van der Waals surface area (Å²) < 4.78 is 12.8. The van der Waals surface area contributed by atoms with Crippen LogP contribution < -0.4 is 9.47 Å². The number of likely N-dealkylation sites (N-methyl/N-ethyl adjacent to an activating group) is 1. The Morgan fingerprint density at radius 2 is 1.88 bits per heavy atom. The average Bonchev–Trinajstić information content (AvgIpc) is 3.53. The van der Waals surface area contributed by atoms with Crippen LogP contribution in [0.2, 0.25) is 0 Å². The van der Waals surface area contributed by atoms with Crippen molar-refractivity contribution in [1.29, 1.82) is 0 Å². The van der Waals surface area contributed by atoms with Crippen molar-refractivity contribution in [2.45, 2.75) is 13.1 Å². The number of nitrogens with zero attached hydrogens (tertiary/aromatic N) is 3. The fraction of sp³-hybridized carbons (Fsp3) is 0.185.